The van der Waals surface area contributed by atoms with E-state index >= 15 is 0 Å². The van der Waals surface area contributed by atoms with Crippen molar-refractivity contribution in [1.29, 1.82) is 0 Å². The van der Waals surface area contributed by atoms with Gasteiger partial charge in [-0.2, -0.15) is 0 Å². The lowest BCUT2D eigenvalue weighted by molar-refractivity contribution is 0.150. The summed E-state index contributed by atoms with van der Waals surface area (Å²) in [6.07, 6.45) is 20.2. The minimum absolute atomic E-state index is 0.145. The van der Waals surface area contributed by atoms with Crippen molar-refractivity contribution >= 4 is 8.25 Å². The third kappa shape index (κ3) is 25.4. The molecule has 0 radical (unpaired) electrons. The molecule has 2 N–H and O–H groups in total. The zero-order valence-corrected chi connectivity index (χ0v) is 27.6. The maximum Gasteiger partial charge on any atom is 0.697 e. The number of hydrogen-bond acceptors (Lipinski definition) is 5. The molecule has 0 amide bonds. The Morgan fingerprint density at radius 3 is 1.25 bits per heavy atom. The van der Waals surface area contributed by atoms with Crippen LogP contribution in [0.15, 0.2) is 69.9 Å². The molecule has 2 unspecified atom stereocenters. The maximum absolute atomic E-state index is 12.0. The normalized spacial score (nSPS) is 15.1. The van der Waals surface area contributed by atoms with Gasteiger partial charge in [-0.3, -0.25) is 0 Å². The van der Waals surface area contributed by atoms with Gasteiger partial charge in [-0.25, -0.2) is 0 Å². The van der Waals surface area contributed by atoms with E-state index in [1.54, 1.807) is 0 Å². The first kappa shape index (κ1) is 38.4. The molecular weight excluding hydrogens is 519 g/mol. The van der Waals surface area contributed by atoms with E-state index in [1.165, 1.54) is 22.3 Å². The standard InChI is InChI=1S/C34H58O5P/c1-27(2)13-9-15-29(5)17-11-19-31(7)25-33(35)21-23-38-40(37)39-24-22-34(36)26-32(8)20-12-18-30(6)16-10-14-28(3)4/h13-14,17-18,25-26,33-36H,9-12,15-16,19-24H2,1-8H3/q+1. The van der Waals surface area contributed by atoms with Gasteiger partial charge in [0.25, 0.3) is 0 Å². The summed E-state index contributed by atoms with van der Waals surface area (Å²) < 4.78 is 22.4. The molecule has 6 heteroatoms. The molecular formula is C34H58O5P+. The van der Waals surface area contributed by atoms with Crippen molar-refractivity contribution in [3.8, 4) is 0 Å². The van der Waals surface area contributed by atoms with Crippen molar-refractivity contribution in [2.75, 3.05) is 13.2 Å². The van der Waals surface area contributed by atoms with E-state index in [2.05, 4.69) is 65.8 Å². The Bertz CT molecular complexity index is 827. The molecule has 228 valence electrons. The van der Waals surface area contributed by atoms with Gasteiger partial charge in [0, 0.05) is 17.4 Å². The Morgan fingerprint density at radius 2 is 0.900 bits per heavy atom. The minimum Gasteiger partial charge on any atom is -0.389 e. The van der Waals surface area contributed by atoms with Crippen LogP contribution in [0.4, 0.5) is 0 Å². The van der Waals surface area contributed by atoms with E-state index in [-0.39, 0.29) is 13.2 Å². The molecule has 0 aromatic rings. The predicted octanol–water partition coefficient (Wildman–Crippen LogP) is 10.0. The lowest BCUT2D eigenvalue weighted by Gasteiger charge is -2.06. The Balaban J connectivity index is 4.12. The summed E-state index contributed by atoms with van der Waals surface area (Å²) in [6, 6.07) is 0. The number of aliphatic hydroxyl groups excluding tert-OH is 2. The number of allylic oxidation sites excluding steroid dienone is 10. The van der Waals surface area contributed by atoms with Crippen molar-refractivity contribution in [3.63, 3.8) is 0 Å². The van der Waals surface area contributed by atoms with Gasteiger partial charge < -0.3 is 10.2 Å². The van der Waals surface area contributed by atoms with Crippen molar-refractivity contribution < 1.29 is 23.8 Å². The van der Waals surface area contributed by atoms with E-state index in [0.717, 1.165) is 62.5 Å². The van der Waals surface area contributed by atoms with Crippen LogP contribution in [0.1, 0.15) is 120 Å². The van der Waals surface area contributed by atoms with E-state index in [0.29, 0.717) is 12.8 Å². The zero-order chi connectivity index (χ0) is 30.3. The smallest absolute Gasteiger partial charge is 0.389 e. The van der Waals surface area contributed by atoms with E-state index in [9.17, 15) is 14.8 Å². The van der Waals surface area contributed by atoms with Crippen LogP contribution in [0.25, 0.3) is 0 Å². The highest BCUT2D eigenvalue weighted by molar-refractivity contribution is 7.33. The first-order valence-corrected chi connectivity index (χ1v) is 16.0. The molecule has 0 saturated heterocycles. The number of aliphatic hydroxyl groups is 2. The predicted molar refractivity (Wildman–Crippen MR) is 172 cm³/mol. The Kier molecular flexibility index (Phi) is 23.1. The van der Waals surface area contributed by atoms with E-state index in [1.807, 2.05) is 26.0 Å². The molecule has 0 aromatic carbocycles. The van der Waals surface area contributed by atoms with Crippen LogP contribution in [-0.4, -0.2) is 35.6 Å². The Morgan fingerprint density at radius 1 is 0.575 bits per heavy atom. The van der Waals surface area contributed by atoms with Crippen LogP contribution < -0.4 is 0 Å². The first-order valence-electron chi connectivity index (χ1n) is 14.9. The van der Waals surface area contributed by atoms with Crippen molar-refractivity contribution in [1.82, 2.24) is 0 Å². The lowest BCUT2D eigenvalue weighted by Crippen LogP contribution is -2.08. The fraction of sp³-hybridized carbons (Fsp3) is 0.647. The molecule has 0 saturated carbocycles. The quantitative estimate of drug-likeness (QED) is 0.0989. The highest BCUT2D eigenvalue weighted by Crippen LogP contribution is 2.25. The van der Waals surface area contributed by atoms with Gasteiger partial charge in [-0.05, 0) is 107 Å². The summed E-state index contributed by atoms with van der Waals surface area (Å²) in [4.78, 5) is 0. The van der Waals surface area contributed by atoms with Gasteiger partial charge in [0.2, 0.25) is 0 Å². The highest BCUT2D eigenvalue weighted by Gasteiger charge is 2.21. The van der Waals surface area contributed by atoms with Crippen molar-refractivity contribution in [2.24, 2.45) is 0 Å². The average Bonchev–Trinajstić information content (AvgIpc) is 2.83. The molecule has 5 nitrogen and oxygen atoms in total. The van der Waals surface area contributed by atoms with Crippen molar-refractivity contribution in [2.45, 2.75) is 132 Å². The second kappa shape index (κ2) is 24.0. The van der Waals surface area contributed by atoms with Crippen LogP contribution in [0.2, 0.25) is 0 Å². The molecule has 2 atom stereocenters. The number of hydrogen-bond donors (Lipinski definition) is 2. The molecule has 0 aliphatic heterocycles. The molecule has 0 heterocycles. The third-order valence-electron chi connectivity index (χ3n) is 6.42. The Labute approximate surface area is 246 Å². The molecule has 0 aliphatic carbocycles. The Hall–Kier alpha value is -1.62. The van der Waals surface area contributed by atoms with Crippen LogP contribution >= 0.6 is 8.25 Å². The summed E-state index contributed by atoms with van der Waals surface area (Å²) in [5, 5.41) is 20.5. The van der Waals surface area contributed by atoms with Gasteiger partial charge >= 0.3 is 8.25 Å². The van der Waals surface area contributed by atoms with E-state index < -0.39 is 20.5 Å². The summed E-state index contributed by atoms with van der Waals surface area (Å²) in [5.41, 5.74) is 7.76. The van der Waals surface area contributed by atoms with E-state index in [4.69, 9.17) is 9.05 Å². The monoisotopic (exact) mass is 577 g/mol. The second-order valence-corrected chi connectivity index (χ2v) is 12.4. The fourth-order valence-corrected chi connectivity index (χ4v) is 4.58. The lowest BCUT2D eigenvalue weighted by atomic mass is 10.1. The van der Waals surface area contributed by atoms with Gasteiger partial charge in [0.05, 0.1) is 12.2 Å². The van der Waals surface area contributed by atoms with Crippen LogP contribution in [-0.2, 0) is 13.6 Å². The van der Waals surface area contributed by atoms with Crippen LogP contribution in [0.3, 0.4) is 0 Å². The van der Waals surface area contributed by atoms with Gasteiger partial charge in [-0.1, -0.05) is 69.9 Å². The topological polar surface area (TPSA) is 76.0 Å². The molecule has 0 aromatic heterocycles. The summed E-state index contributed by atoms with van der Waals surface area (Å²) in [5.74, 6) is 0. The maximum atomic E-state index is 12.0. The highest BCUT2D eigenvalue weighted by atomic mass is 31.1. The molecule has 0 bridgehead atoms. The van der Waals surface area contributed by atoms with Gasteiger partial charge in [0.15, 0.2) is 0 Å². The molecule has 40 heavy (non-hydrogen) atoms. The van der Waals surface area contributed by atoms with Crippen LogP contribution in [0.5, 0.6) is 0 Å². The minimum atomic E-state index is -2.27. The first-order chi connectivity index (χ1) is 18.9. The van der Waals surface area contributed by atoms with Gasteiger partial charge in [-0.15, -0.1) is 9.05 Å². The molecule has 0 fully saturated rings. The summed E-state index contributed by atoms with van der Waals surface area (Å²) in [7, 11) is -2.27. The van der Waals surface area contributed by atoms with Crippen LogP contribution in [0, 0.1) is 0 Å². The second-order valence-electron chi connectivity index (χ2n) is 11.4. The third-order valence-corrected chi connectivity index (χ3v) is 7.21. The SMILES string of the molecule is CC(C)=CCCC(C)=CCCC(C)=CC(O)CCO[P+](=O)OCCC(O)C=C(C)CCC=C(C)CCC=C(C)C. The average molecular weight is 578 g/mol. The van der Waals surface area contributed by atoms with Crippen molar-refractivity contribution in [3.05, 3.63) is 69.9 Å². The summed E-state index contributed by atoms with van der Waals surface area (Å²) in [6.45, 7) is 17.2. The molecule has 0 spiro atoms. The summed E-state index contributed by atoms with van der Waals surface area (Å²) >= 11 is 0. The molecule has 0 rings (SSSR count). The van der Waals surface area contributed by atoms with Gasteiger partial charge in [0.1, 0.15) is 13.2 Å². The molecule has 0 aliphatic rings. The number of rotatable bonds is 22. The fourth-order valence-electron chi connectivity index (χ4n) is 4.00. The zero-order valence-electron chi connectivity index (χ0n) is 26.7. The largest absolute Gasteiger partial charge is 0.697 e.